The van der Waals surface area contributed by atoms with Crippen LogP contribution in [0.15, 0.2) is 18.2 Å². The molecule has 0 aliphatic heterocycles. The molecule has 0 heterocycles. The van der Waals surface area contributed by atoms with Crippen molar-refractivity contribution >= 4 is 11.9 Å². The molecule has 0 fully saturated rings. The van der Waals surface area contributed by atoms with Crippen molar-refractivity contribution in [1.29, 1.82) is 0 Å². The van der Waals surface area contributed by atoms with Crippen LogP contribution in [0, 0.1) is 11.6 Å². The Morgan fingerprint density at radius 2 is 1.95 bits per heavy atom. The standard InChI is InChI=1S/C14H17F2NO3.H2/c1-14(2,3)20-13(19)17-8-11(18)7-9-6-10(15)4-5-12(9)16;/h4-6H,7-8H2,1-3H3,(H,17,19);1H. The Morgan fingerprint density at radius 1 is 1.30 bits per heavy atom. The Balaban J connectivity index is 0.00000400. The van der Waals surface area contributed by atoms with Gasteiger partial charge in [0.25, 0.3) is 0 Å². The topological polar surface area (TPSA) is 55.4 Å². The first-order chi connectivity index (χ1) is 9.17. The van der Waals surface area contributed by atoms with Gasteiger partial charge in [-0.1, -0.05) is 0 Å². The molecule has 0 aromatic heterocycles. The van der Waals surface area contributed by atoms with Crippen LogP contribution in [0.4, 0.5) is 13.6 Å². The van der Waals surface area contributed by atoms with Gasteiger partial charge in [-0.25, -0.2) is 13.6 Å². The van der Waals surface area contributed by atoms with Crippen LogP contribution in [0.5, 0.6) is 0 Å². The summed E-state index contributed by atoms with van der Waals surface area (Å²) in [5, 5.41) is 2.27. The van der Waals surface area contributed by atoms with Gasteiger partial charge in [0.1, 0.15) is 17.2 Å². The van der Waals surface area contributed by atoms with Crippen molar-refractivity contribution in [3.63, 3.8) is 0 Å². The Morgan fingerprint density at radius 3 is 2.55 bits per heavy atom. The second-order valence-corrected chi connectivity index (χ2v) is 5.31. The molecule has 1 amide bonds. The maximum absolute atomic E-state index is 13.3. The first kappa shape index (κ1) is 16.1. The summed E-state index contributed by atoms with van der Waals surface area (Å²) in [6.07, 6.45) is -1.02. The molecule has 4 nitrogen and oxygen atoms in total. The highest BCUT2D eigenvalue weighted by atomic mass is 19.1. The molecule has 1 N–H and O–H groups in total. The number of Topliss-reactive ketones (excluding diaryl/α,β-unsaturated/α-hetero) is 1. The predicted octanol–water partition coefficient (Wildman–Crippen LogP) is 2.85. The summed E-state index contributed by atoms with van der Waals surface area (Å²) >= 11 is 0. The largest absolute Gasteiger partial charge is 0.444 e. The van der Waals surface area contributed by atoms with Crippen LogP contribution in [0.1, 0.15) is 27.8 Å². The number of carbonyl (C=O) groups excluding carboxylic acids is 2. The Hall–Kier alpha value is -1.98. The molecule has 0 unspecified atom stereocenters. The summed E-state index contributed by atoms with van der Waals surface area (Å²) < 4.78 is 31.2. The van der Waals surface area contributed by atoms with Gasteiger partial charge in [-0.2, -0.15) is 0 Å². The monoisotopic (exact) mass is 287 g/mol. The third kappa shape index (κ3) is 5.77. The molecule has 0 aliphatic rings. The molecule has 1 aromatic carbocycles. The van der Waals surface area contributed by atoms with E-state index < -0.39 is 29.1 Å². The average molecular weight is 287 g/mol. The molecule has 0 saturated carbocycles. The summed E-state index contributed by atoms with van der Waals surface area (Å²) in [5.41, 5.74) is -0.706. The van der Waals surface area contributed by atoms with E-state index in [-0.39, 0.29) is 20.0 Å². The average Bonchev–Trinajstić information content (AvgIpc) is 2.29. The molecule has 0 atom stereocenters. The van der Waals surface area contributed by atoms with E-state index in [2.05, 4.69) is 5.32 Å². The van der Waals surface area contributed by atoms with E-state index >= 15 is 0 Å². The van der Waals surface area contributed by atoms with Gasteiger partial charge in [0, 0.05) is 7.85 Å². The molecule has 1 rings (SSSR count). The number of alkyl carbamates (subject to hydrolysis) is 1. The normalized spacial score (nSPS) is 11.1. The van der Waals surface area contributed by atoms with Crippen molar-refractivity contribution in [3.8, 4) is 0 Å². The van der Waals surface area contributed by atoms with Crippen molar-refractivity contribution in [3.05, 3.63) is 35.4 Å². The molecule has 0 aliphatic carbocycles. The first-order valence-electron chi connectivity index (χ1n) is 6.10. The Kier molecular flexibility index (Phi) is 5.19. The molecular formula is C14H19F2NO3. The van der Waals surface area contributed by atoms with E-state index in [0.29, 0.717) is 0 Å². The van der Waals surface area contributed by atoms with Gasteiger partial charge in [0.2, 0.25) is 0 Å². The van der Waals surface area contributed by atoms with Crippen molar-refractivity contribution in [2.45, 2.75) is 32.8 Å². The SMILES string of the molecule is CC(C)(C)OC(=O)NCC(=O)Cc1cc(F)ccc1F.[HH]. The van der Waals surface area contributed by atoms with Crippen molar-refractivity contribution < 1.29 is 24.5 Å². The first-order valence-corrected chi connectivity index (χ1v) is 6.10. The smallest absolute Gasteiger partial charge is 0.408 e. The number of hydrogen-bond donors (Lipinski definition) is 1. The molecule has 0 spiro atoms. The van der Waals surface area contributed by atoms with Gasteiger partial charge in [0.05, 0.1) is 6.54 Å². The minimum Gasteiger partial charge on any atom is -0.444 e. The molecule has 112 valence electrons. The van der Waals surface area contributed by atoms with Crippen LogP contribution >= 0.6 is 0 Å². The van der Waals surface area contributed by atoms with E-state index in [1.54, 1.807) is 20.8 Å². The summed E-state index contributed by atoms with van der Waals surface area (Å²) in [5.74, 6) is -1.72. The summed E-state index contributed by atoms with van der Waals surface area (Å²) in [6, 6.07) is 2.89. The highest BCUT2D eigenvalue weighted by Gasteiger charge is 2.17. The lowest BCUT2D eigenvalue weighted by Crippen LogP contribution is -2.35. The van der Waals surface area contributed by atoms with Gasteiger partial charge in [0.15, 0.2) is 5.78 Å². The fraction of sp³-hybridized carbons (Fsp3) is 0.429. The summed E-state index contributed by atoms with van der Waals surface area (Å²) in [7, 11) is 0. The number of rotatable bonds is 4. The minimum atomic E-state index is -0.731. The van der Waals surface area contributed by atoms with E-state index in [4.69, 9.17) is 4.74 Å². The molecule has 6 heteroatoms. The van der Waals surface area contributed by atoms with Crippen molar-refractivity contribution in [2.75, 3.05) is 6.54 Å². The zero-order chi connectivity index (χ0) is 15.3. The number of amides is 1. The van der Waals surface area contributed by atoms with Crippen molar-refractivity contribution in [1.82, 2.24) is 5.32 Å². The fourth-order valence-corrected chi connectivity index (χ4v) is 1.44. The number of halogens is 2. The number of ether oxygens (including phenoxy) is 1. The molecule has 1 aromatic rings. The fourth-order valence-electron chi connectivity index (χ4n) is 1.44. The maximum atomic E-state index is 13.3. The van der Waals surface area contributed by atoms with Gasteiger partial charge in [-0.05, 0) is 44.5 Å². The molecule has 0 radical (unpaired) electrons. The van der Waals surface area contributed by atoms with E-state index in [0.717, 1.165) is 18.2 Å². The second kappa shape index (κ2) is 6.45. The number of nitrogens with one attached hydrogen (secondary N) is 1. The number of ketones is 1. The quantitative estimate of drug-likeness (QED) is 0.926. The lowest BCUT2D eigenvalue weighted by Gasteiger charge is -2.19. The highest BCUT2D eigenvalue weighted by molar-refractivity contribution is 5.85. The van der Waals surface area contributed by atoms with Crippen LogP contribution in [0.2, 0.25) is 0 Å². The van der Waals surface area contributed by atoms with E-state index in [9.17, 15) is 18.4 Å². The van der Waals surface area contributed by atoms with E-state index in [1.165, 1.54) is 0 Å². The third-order valence-electron chi connectivity index (χ3n) is 2.22. The van der Waals surface area contributed by atoms with Crippen LogP contribution < -0.4 is 5.32 Å². The summed E-state index contributed by atoms with van der Waals surface area (Å²) in [4.78, 5) is 22.9. The van der Waals surface area contributed by atoms with Gasteiger partial charge in [-0.15, -0.1) is 0 Å². The second-order valence-electron chi connectivity index (χ2n) is 5.31. The molecule has 20 heavy (non-hydrogen) atoms. The van der Waals surface area contributed by atoms with Crippen LogP contribution in [0.3, 0.4) is 0 Å². The maximum Gasteiger partial charge on any atom is 0.408 e. The Bertz CT molecular complexity index is 515. The Labute approximate surface area is 117 Å². The highest BCUT2D eigenvalue weighted by Crippen LogP contribution is 2.10. The zero-order valence-corrected chi connectivity index (χ0v) is 11.6. The van der Waals surface area contributed by atoms with E-state index in [1.807, 2.05) is 0 Å². The van der Waals surface area contributed by atoms with Crippen LogP contribution in [-0.2, 0) is 16.0 Å². The minimum absolute atomic E-state index is 0. The summed E-state index contributed by atoms with van der Waals surface area (Å²) in [6.45, 7) is 4.77. The van der Waals surface area contributed by atoms with Crippen LogP contribution in [-0.4, -0.2) is 24.0 Å². The van der Waals surface area contributed by atoms with Gasteiger partial charge < -0.3 is 10.1 Å². The third-order valence-corrected chi connectivity index (χ3v) is 2.22. The van der Waals surface area contributed by atoms with Gasteiger partial charge >= 0.3 is 6.09 Å². The number of hydrogen-bond acceptors (Lipinski definition) is 3. The number of benzene rings is 1. The predicted molar refractivity (Wildman–Crippen MR) is 71.4 cm³/mol. The van der Waals surface area contributed by atoms with Gasteiger partial charge in [-0.3, -0.25) is 4.79 Å². The molecule has 0 bridgehead atoms. The molecule has 0 saturated heterocycles. The number of carbonyl (C=O) groups is 2. The van der Waals surface area contributed by atoms with Crippen molar-refractivity contribution in [2.24, 2.45) is 0 Å². The van der Waals surface area contributed by atoms with Crippen LogP contribution in [0.25, 0.3) is 0 Å². The zero-order valence-electron chi connectivity index (χ0n) is 11.6. The molecular weight excluding hydrogens is 268 g/mol. The lowest BCUT2D eigenvalue weighted by molar-refractivity contribution is -0.117. The lowest BCUT2D eigenvalue weighted by atomic mass is 10.1.